The molecule has 1 heterocycles. The molecule has 10 heteroatoms. The maximum Gasteiger partial charge on any atom is 0.485 e. The van der Waals surface area contributed by atoms with Gasteiger partial charge in [0, 0.05) is 6.42 Å². The first-order chi connectivity index (χ1) is 9.52. The number of aliphatic imine (C=N–C) groups is 1. The van der Waals surface area contributed by atoms with Gasteiger partial charge in [-0.15, -0.1) is 0 Å². The molecule has 0 N–H and O–H groups in total. The van der Waals surface area contributed by atoms with Crippen molar-refractivity contribution in [3.63, 3.8) is 0 Å². The van der Waals surface area contributed by atoms with Crippen LogP contribution in [0.25, 0.3) is 0 Å². The molecule has 0 radical (unpaired) electrons. The Labute approximate surface area is 128 Å². The molecular weight excluding hydrogens is 329 g/mol. The van der Waals surface area contributed by atoms with Gasteiger partial charge in [0.15, 0.2) is 10.1 Å². The molecule has 0 spiro atoms. The summed E-state index contributed by atoms with van der Waals surface area (Å²) >= 11 is 4.53. The lowest BCUT2D eigenvalue weighted by Crippen LogP contribution is -2.48. The van der Waals surface area contributed by atoms with E-state index in [1.54, 1.807) is 0 Å². The summed E-state index contributed by atoms with van der Waals surface area (Å²) in [5, 5.41) is 2.42. The highest BCUT2D eigenvalue weighted by Crippen LogP contribution is 2.20. The number of hydrogen-bond acceptors (Lipinski definition) is 5. The van der Waals surface area contributed by atoms with Crippen LogP contribution in [0.1, 0.15) is 25.7 Å². The number of hydrogen-bond donors (Lipinski definition) is 0. The van der Waals surface area contributed by atoms with Gasteiger partial charge in [-0.2, -0.15) is 13.2 Å². The van der Waals surface area contributed by atoms with Gasteiger partial charge in [0.1, 0.15) is 0 Å². The number of isothiocyanates is 1. The van der Waals surface area contributed by atoms with Gasteiger partial charge in [0.05, 0.1) is 38.4 Å². The highest BCUT2D eigenvalue weighted by atomic mass is 32.2. The zero-order valence-electron chi connectivity index (χ0n) is 11.7. The topological polar surface area (TPSA) is 69.6 Å². The number of alkyl halides is 3. The summed E-state index contributed by atoms with van der Waals surface area (Å²) in [6.45, 7) is 4.81. The zero-order chi connectivity index (χ0) is 16.6. The van der Waals surface area contributed by atoms with E-state index in [-0.39, 0.29) is 0 Å². The lowest BCUT2D eigenvalue weighted by molar-refractivity contribution is -0.914. The molecule has 0 unspecified atom stereocenters. The summed E-state index contributed by atoms with van der Waals surface area (Å²) < 4.78 is 60.1. The molecule has 0 saturated carbocycles. The molecule has 0 aromatic carbocycles. The minimum absolute atomic E-state index is 0.858. The van der Waals surface area contributed by atoms with Crippen molar-refractivity contribution in [3.8, 4) is 0 Å². The average molecular weight is 348 g/mol. The highest BCUT2D eigenvalue weighted by Gasteiger charge is 2.36. The van der Waals surface area contributed by atoms with E-state index in [0.717, 1.165) is 13.0 Å². The summed E-state index contributed by atoms with van der Waals surface area (Å²) in [6.07, 6.45) is 5.37. The molecule has 1 fully saturated rings. The number of rotatable bonds is 4. The summed E-state index contributed by atoms with van der Waals surface area (Å²) in [5.41, 5.74) is -5.65. The maximum absolute atomic E-state index is 10.7. The van der Waals surface area contributed by atoms with Crippen LogP contribution in [0.4, 0.5) is 13.2 Å². The third-order valence-electron chi connectivity index (χ3n) is 3.21. The van der Waals surface area contributed by atoms with E-state index in [1.165, 1.54) is 43.4 Å². The van der Waals surface area contributed by atoms with Crippen LogP contribution < -0.4 is 0 Å². The second kappa shape index (κ2) is 8.79. The number of quaternary nitrogens is 1. The summed E-state index contributed by atoms with van der Waals surface area (Å²) in [6, 6.07) is 0. The van der Waals surface area contributed by atoms with E-state index < -0.39 is 15.6 Å². The first-order valence-corrected chi connectivity index (χ1v) is 8.23. The molecule has 21 heavy (non-hydrogen) atoms. The van der Waals surface area contributed by atoms with E-state index >= 15 is 0 Å². The minimum atomic E-state index is -6.09. The van der Waals surface area contributed by atoms with Crippen molar-refractivity contribution in [2.24, 2.45) is 4.99 Å². The predicted molar refractivity (Wildman–Crippen MR) is 74.9 cm³/mol. The van der Waals surface area contributed by atoms with Crippen LogP contribution in [0.5, 0.6) is 0 Å². The molecular formula is C11H19F3N2O3S2. The first kappa shape index (κ1) is 20.5. The molecule has 0 bridgehead atoms. The van der Waals surface area contributed by atoms with Gasteiger partial charge in [-0.25, -0.2) is 13.4 Å². The Morgan fingerprint density at radius 3 is 2.14 bits per heavy atom. The molecule has 124 valence electrons. The molecule has 0 amide bonds. The Morgan fingerprint density at radius 1 is 1.29 bits per heavy atom. The van der Waals surface area contributed by atoms with Crippen molar-refractivity contribution in [1.82, 2.24) is 0 Å². The van der Waals surface area contributed by atoms with Crippen LogP contribution in [-0.2, 0) is 10.1 Å². The second-order valence-corrected chi connectivity index (χ2v) is 6.63. The average Bonchev–Trinajstić information content (AvgIpc) is 2.34. The number of piperidine rings is 1. The first-order valence-electron chi connectivity index (χ1n) is 6.41. The largest absolute Gasteiger partial charge is 0.741 e. The molecule has 0 aromatic rings. The van der Waals surface area contributed by atoms with Crippen LogP contribution in [-0.4, -0.2) is 61.3 Å². The predicted octanol–water partition coefficient (Wildman–Crippen LogP) is 2.16. The summed E-state index contributed by atoms with van der Waals surface area (Å²) in [5.74, 6) is 0. The van der Waals surface area contributed by atoms with Crippen LogP contribution in [0.15, 0.2) is 4.99 Å². The standard InChI is InChI=1S/C10H19N2S.CHF3O3S/c1-12(7-3-2-4-8-12)9-5-6-11-10-13;2-1(3,4)8(5,6)7/h2-9H2,1H3;(H,5,6,7)/q+1;/p-1. The van der Waals surface area contributed by atoms with Gasteiger partial charge >= 0.3 is 5.51 Å². The van der Waals surface area contributed by atoms with Gasteiger partial charge in [0.2, 0.25) is 0 Å². The second-order valence-electron chi connectivity index (χ2n) is 5.08. The molecule has 1 aliphatic rings. The summed E-state index contributed by atoms with van der Waals surface area (Å²) in [7, 11) is -3.73. The molecule has 0 atom stereocenters. The fourth-order valence-electron chi connectivity index (χ4n) is 2.08. The van der Waals surface area contributed by atoms with E-state index in [0.29, 0.717) is 0 Å². The molecule has 5 nitrogen and oxygen atoms in total. The van der Waals surface area contributed by atoms with E-state index in [1.807, 2.05) is 0 Å². The fourth-order valence-corrected chi connectivity index (χ4v) is 2.17. The molecule has 1 rings (SSSR count). The normalized spacial score (nSPS) is 18.1. The van der Waals surface area contributed by atoms with Crippen molar-refractivity contribution in [2.45, 2.75) is 31.2 Å². The Bertz CT molecular complexity index is 454. The number of nitrogens with zero attached hydrogens (tertiary/aromatic N) is 2. The van der Waals surface area contributed by atoms with Crippen LogP contribution in [0, 0.1) is 0 Å². The third kappa shape index (κ3) is 9.15. The summed E-state index contributed by atoms with van der Waals surface area (Å²) in [4.78, 5) is 3.94. The number of halogens is 3. The Kier molecular flexibility index (Phi) is 8.57. The third-order valence-corrected chi connectivity index (χ3v) is 3.91. The fraction of sp³-hybridized carbons (Fsp3) is 0.909. The smallest absolute Gasteiger partial charge is 0.485 e. The van der Waals surface area contributed by atoms with E-state index in [9.17, 15) is 13.2 Å². The SMILES string of the molecule is C[N+]1(CCCN=C=S)CCCCC1.O=S(=O)([O-])C(F)(F)F. The van der Waals surface area contributed by atoms with Crippen molar-refractivity contribution < 1.29 is 30.6 Å². The van der Waals surface area contributed by atoms with Crippen LogP contribution in [0.2, 0.25) is 0 Å². The zero-order valence-corrected chi connectivity index (χ0v) is 13.4. The van der Waals surface area contributed by atoms with Crippen molar-refractivity contribution in [2.75, 3.05) is 33.2 Å². The van der Waals surface area contributed by atoms with E-state index in [2.05, 4.69) is 29.4 Å². The van der Waals surface area contributed by atoms with Crippen molar-refractivity contribution >= 4 is 27.5 Å². The van der Waals surface area contributed by atoms with E-state index in [4.69, 9.17) is 13.0 Å². The van der Waals surface area contributed by atoms with Gasteiger partial charge < -0.3 is 9.04 Å². The monoisotopic (exact) mass is 348 g/mol. The Morgan fingerprint density at radius 2 is 1.76 bits per heavy atom. The lowest BCUT2D eigenvalue weighted by Gasteiger charge is -2.37. The van der Waals surface area contributed by atoms with Gasteiger partial charge in [0.25, 0.3) is 0 Å². The molecule has 0 aliphatic carbocycles. The van der Waals surface area contributed by atoms with Gasteiger partial charge in [-0.05, 0) is 31.5 Å². The van der Waals surface area contributed by atoms with Crippen LogP contribution >= 0.6 is 12.2 Å². The molecule has 1 saturated heterocycles. The minimum Gasteiger partial charge on any atom is -0.741 e. The van der Waals surface area contributed by atoms with Crippen LogP contribution in [0.3, 0.4) is 0 Å². The maximum atomic E-state index is 10.7. The van der Waals surface area contributed by atoms with Gasteiger partial charge in [-0.1, -0.05) is 0 Å². The Hall–Kier alpha value is -0.540. The highest BCUT2D eigenvalue weighted by molar-refractivity contribution is 7.86. The number of likely N-dealkylation sites (tertiary alicyclic amines) is 1. The Balaban J connectivity index is 0.000000433. The van der Waals surface area contributed by atoms with Crippen molar-refractivity contribution in [1.29, 1.82) is 0 Å². The molecule has 1 aliphatic heterocycles. The number of thiocarbonyl (C=S) groups is 1. The lowest BCUT2D eigenvalue weighted by atomic mass is 10.1. The van der Waals surface area contributed by atoms with Gasteiger partial charge in [-0.3, -0.25) is 0 Å². The quantitative estimate of drug-likeness (QED) is 0.195. The van der Waals surface area contributed by atoms with Crippen molar-refractivity contribution in [3.05, 3.63) is 0 Å². The molecule has 0 aromatic heterocycles.